The van der Waals surface area contributed by atoms with Gasteiger partial charge in [0.25, 0.3) is 10.1 Å². The van der Waals surface area contributed by atoms with Crippen LogP contribution in [0, 0.1) is 0 Å². The highest BCUT2D eigenvalue weighted by Crippen LogP contribution is 1.93. The van der Waals surface area contributed by atoms with E-state index in [1.807, 2.05) is 12.2 Å². The second kappa shape index (κ2) is 5.23. The van der Waals surface area contributed by atoms with Crippen molar-refractivity contribution in [3.8, 4) is 0 Å². The Bertz CT molecular complexity index is 292. The molecule has 1 aliphatic heterocycles. The molecule has 12 heavy (non-hydrogen) atoms. The zero-order valence-electron chi connectivity index (χ0n) is 6.50. The number of allylic oxidation sites excluding steroid dienone is 2. The zero-order valence-corrected chi connectivity index (χ0v) is 8.14. The lowest BCUT2D eigenvalue weighted by Crippen LogP contribution is -1.90. The number of hydrogen-bond acceptors (Lipinski definition) is 3. The van der Waals surface area contributed by atoms with Crippen molar-refractivity contribution < 1.29 is 17.2 Å². The summed E-state index contributed by atoms with van der Waals surface area (Å²) in [6.45, 7) is 0. The van der Waals surface area contributed by atoms with Crippen LogP contribution in [-0.2, 0) is 20.9 Å². The first kappa shape index (κ1) is 11.5. The lowest BCUT2D eigenvalue weighted by molar-refractivity contribution is 0.490. The Hall–Kier alpha value is -0.460. The van der Waals surface area contributed by atoms with Gasteiger partial charge in [0, 0.05) is 22.0 Å². The lowest BCUT2D eigenvalue weighted by atomic mass is 10.5. The van der Waals surface area contributed by atoms with Gasteiger partial charge in [-0.2, -0.15) is 8.42 Å². The standard InChI is InChI=1S/C5H6OS.CH4O3S/c6-7-4-2-1-3-5-7;1-5(2,3)4/h1-4H,5H2;1H3,(H,2,3,4). The molecule has 1 unspecified atom stereocenters. The predicted octanol–water partition coefficient (Wildman–Crippen LogP) is 0.323. The fourth-order valence-corrected chi connectivity index (χ4v) is 1.10. The third-order valence-corrected chi connectivity index (χ3v) is 1.72. The highest BCUT2D eigenvalue weighted by atomic mass is 32.2. The summed E-state index contributed by atoms with van der Waals surface area (Å²) in [6, 6.07) is 0. The maximum absolute atomic E-state index is 10.4. The summed E-state index contributed by atoms with van der Waals surface area (Å²) < 4.78 is 36.3. The summed E-state index contributed by atoms with van der Waals surface area (Å²) in [5, 5.41) is 1.69. The zero-order chi connectivity index (χ0) is 9.61. The number of hydrogen-bond donors (Lipinski definition) is 1. The van der Waals surface area contributed by atoms with Crippen LogP contribution in [0.5, 0.6) is 0 Å². The molecule has 0 fully saturated rings. The van der Waals surface area contributed by atoms with E-state index in [1.54, 1.807) is 11.5 Å². The van der Waals surface area contributed by atoms with Gasteiger partial charge in [-0.15, -0.1) is 0 Å². The molecule has 1 heterocycles. The fraction of sp³-hybridized carbons (Fsp3) is 0.333. The van der Waals surface area contributed by atoms with Crippen LogP contribution in [0.2, 0.25) is 0 Å². The van der Waals surface area contributed by atoms with Crippen molar-refractivity contribution in [3.63, 3.8) is 0 Å². The Kier molecular flexibility index (Phi) is 5.03. The molecule has 0 saturated heterocycles. The van der Waals surface area contributed by atoms with Crippen molar-refractivity contribution in [1.29, 1.82) is 0 Å². The molecule has 1 aliphatic rings. The minimum absolute atomic E-state index is 0.691. The van der Waals surface area contributed by atoms with Gasteiger partial charge in [-0.25, -0.2) is 0 Å². The monoisotopic (exact) mass is 210 g/mol. The van der Waals surface area contributed by atoms with E-state index >= 15 is 0 Å². The van der Waals surface area contributed by atoms with Crippen molar-refractivity contribution in [2.75, 3.05) is 12.0 Å². The van der Waals surface area contributed by atoms with Gasteiger partial charge in [0.05, 0.1) is 6.26 Å². The normalized spacial score (nSPS) is 21.3. The number of rotatable bonds is 0. The van der Waals surface area contributed by atoms with Crippen LogP contribution >= 0.6 is 0 Å². The van der Waals surface area contributed by atoms with Crippen molar-refractivity contribution in [2.24, 2.45) is 0 Å². The predicted molar refractivity (Wildman–Crippen MR) is 48.8 cm³/mol. The van der Waals surface area contributed by atoms with Crippen LogP contribution in [0.25, 0.3) is 0 Å². The molecule has 0 radical (unpaired) electrons. The van der Waals surface area contributed by atoms with E-state index in [2.05, 4.69) is 0 Å². The van der Waals surface area contributed by atoms with Crippen LogP contribution < -0.4 is 0 Å². The van der Waals surface area contributed by atoms with Crippen molar-refractivity contribution >= 4 is 20.9 Å². The molecule has 0 bridgehead atoms. The summed E-state index contributed by atoms with van der Waals surface area (Å²) in [4.78, 5) is 0. The highest BCUT2D eigenvalue weighted by molar-refractivity contribution is 7.88. The lowest BCUT2D eigenvalue weighted by Gasteiger charge is -1.90. The molecular weight excluding hydrogens is 200 g/mol. The van der Waals surface area contributed by atoms with Crippen LogP contribution in [0.15, 0.2) is 23.6 Å². The second-order valence-electron chi connectivity index (χ2n) is 2.04. The minimum Gasteiger partial charge on any atom is -0.286 e. The maximum Gasteiger partial charge on any atom is 0.261 e. The molecule has 6 heteroatoms. The second-order valence-corrected chi connectivity index (χ2v) is 4.87. The topological polar surface area (TPSA) is 71.4 Å². The Balaban J connectivity index is 0.000000217. The van der Waals surface area contributed by atoms with Gasteiger partial charge in [0.1, 0.15) is 0 Å². The molecule has 70 valence electrons. The molecular formula is C6H10O4S2. The van der Waals surface area contributed by atoms with E-state index in [4.69, 9.17) is 4.55 Å². The van der Waals surface area contributed by atoms with E-state index in [9.17, 15) is 12.6 Å². The smallest absolute Gasteiger partial charge is 0.261 e. The molecule has 0 amide bonds. The minimum atomic E-state index is -3.67. The molecule has 0 aromatic carbocycles. The largest absolute Gasteiger partial charge is 0.286 e. The van der Waals surface area contributed by atoms with E-state index < -0.39 is 20.9 Å². The maximum atomic E-state index is 10.4. The first-order valence-corrected chi connectivity index (χ1v) is 6.25. The molecule has 0 aliphatic carbocycles. The Labute approximate surface area is 74.2 Å². The molecule has 1 N–H and O–H groups in total. The highest BCUT2D eigenvalue weighted by Gasteiger charge is 1.89. The van der Waals surface area contributed by atoms with Gasteiger partial charge < -0.3 is 0 Å². The molecule has 1 rings (SSSR count). The first-order valence-electron chi connectivity index (χ1n) is 3.02. The van der Waals surface area contributed by atoms with E-state index in [0.717, 1.165) is 0 Å². The average molecular weight is 210 g/mol. The summed E-state index contributed by atoms with van der Waals surface area (Å²) in [6.07, 6.45) is 6.32. The Morgan fingerprint density at radius 1 is 1.42 bits per heavy atom. The van der Waals surface area contributed by atoms with Crippen LogP contribution in [0.4, 0.5) is 0 Å². The van der Waals surface area contributed by atoms with E-state index in [1.165, 1.54) is 0 Å². The van der Waals surface area contributed by atoms with Gasteiger partial charge in [-0.05, 0) is 0 Å². The van der Waals surface area contributed by atoms with Crippen LogP contribution in [-0.4, -0.2) is 29.2 Å². The SMILES string of the molecule is CS(=O)(=O)O.O=S1C=CC=CC1. The first-order chi connectivity index (χ1) is 5.39. The molecule has 0 spiro atoms. The fourth-order valence-electron chi connectivity index (χ4n) is 0.418. The van der Waals surface area contributed by atoms with Gasteiger partial charge >= 0.3 is 0 Å². The average Bonchev–Trinajstić information content (AvgIpc) is 1.85. The summed E-state index contributed by atoms with van der Waals surface area (Å²) in [5.74, 6) is 0.691. The van der Waals surface area contributed by atoms with Gasteiger partial charge in [0.15, 0.2) is 0 Å². The summed E-state index contributed by atoms with van der Waals surface area (Å²) in [5.41, 5.74) is 0. The van der Waals surface area contributed by atoms with E-state index in [-0.39, 0.29) is 0 Å². The van der Waals surface area contributed by atoms with Crippen LogP contribution in [0.3, 0.4) is 0 Å². The molecule has 0 aromatic rings. The molecule has 4 nitrogen and oxygen atoms in total. The third-order valence-electron chi connectivity index (χ3n) is 0.738. The van der Waals surface area contributed by atoms with Crippen molar-refractivity contribution in [2.45, 2.75) is 0 Å². The quantitative estimate of drug-likeness (QED) is 0.585. The van der Waals surface area contributed by atoms with Gasteiger partial charge in [0.2, 0.25) is 0 Å². The summed E-state index contributed by atoms with van der Waals surface area (Å²) in [7, 11) is -4.37. The summed E-state index contributed by atoms with van der Waals surface area (Å²) >= 11 is 0. The van der Waals surface area contributed by atoms with Crippen molar-refractivity contribution in [3.05, 3.63) is 23.6 Å². The Morgan fingerprint density at radius 2 is 1.92 bits per heavy atom. The van der Waals surface area contributed by atoms with E-state index in [0.29, 0.717) is 12.0 Å². The van der Waals surface area contributed by atoms with Gasteiger partial charge in [-0.3, -0.25) is 8.76 Å². The van der Waals surface area contributed by atoms with Gasteiger partial charge in [-0.1, -0.05) is 18.2 Å². The van der Waals surface area contributed by atoms with Crippen molar-refractivity contribution in [1.82, 2.24) is 0 Å². The van der Waals surface area contributed by atoms with Crippen LogP contribution in [0.1, 0.15) is 0 Å². The molecule has 1 atom stereocenters. The molecule has 0 saturated carbocycles. The third kappa shape index (κ3) is 12.2. The Morgan fingerprint density at radius 3 is 2.08 bits per heavy atom. The molecule has 0 aromatic heterocycles.